The molecule has 0 aliphatic carbocycles. The Morgan fingerprint density at radius 2 is 1.96 bits per heavy atom. The number of azide groups is 1. The van der Waals surface area contributed by atoms with E-state index in [9.17, 15) is 4.79 Å². The number of ether oxygens (including phenoxy) is 1. The highest BCUT2D eigenvalue weighted by molar-refractivity contribution is 5.69. The summed E-state index contributed by atoms with van der Waals surface area (Å²) in [6, 6.07) is 10.2. The van der Waals surface area contributed by atoms with Crippen LogP contribution in [-0.2, 0) is 11.3 Å². The van der Waals surface area contributed by atoms with Gasteiger partial charge in [0.05, 0.1) is 0 Å². The largest absolute Gasteiger partial charge is 0.445 e. The third-order valence-corrected chi connectivity index (χ3v) is 4.89. The van der Waals surface area contributed by atoms with E-state index in [1.165, 1.54) is 0 Å². The lowest BCUT2D eigenvalue weighted by Crippen LogP contribution is -2.55. The molecule has 1 aromatic rings. The molecular weight excluding hydrogens is 292 g/mol. The topological polar surface area (TPSA) is 78.3 Å². The Balaban J connectivity index is 1.60. The Labute approximate surface area is 136 Å². The summed E-state index contributed by atoms with van der Waals surface area (Å²) in [6.07, 6.45) is 4.82. The van der Waals surface area contributed by atoms with Crippen LogP contribution in [0, 0.1) is 5.92 Å². The SMILES string of the molecule is [N-]=[N+]=NCC1CC2CCCC(C1)N2C(=O)OCc1ccccc1. The van der Waals surface area contributed by atoms with Gasteiger partial charge >= 0.3 is 6.09 Å². The van der Waals surface area contributed by atoms with E-state index in [1.54, 1.807) is 0 Å². The molecule has 6 heteroatoms. The van der Waals surface area contributed by atoms with Gasteiger partial charge in [-0.05, 0) is 49.1 Å². The van der Waals surface area contributed by atoms with Crippen molar-refractivity contribution in [1.29, 1.82) is 0 Å². The molecule has 122 valence electrons. The van der Waals surface area contributed by atoms with E-state index in [-0.39, 0.29) is 18.2 Å². The highest BCUT2D eigenvalue weighted by Crippen LogP contribution is 2.37. The van der Waals surface area contributed by atoms with Gasteiger partial charge < -0.3 is 9.64 Å². The van der Waals surface area contributed by atoms with Gasteiger partial charge in [-0.25, -0.2) is 4.79 Å². The van der Waals surface area contributed by atoms with Gasteiger partial charge in [-0.2, -0.15) is 0 Å². The highest BCUT2D eigenvalue weighted by Gasteiger charge is 2.41. The molecule has 2 bridgehead atoms. The lowest BCUT2D eigenvalue weighted by Gasteiger charge is -2.47. The summed E-state index contributed by atoms with van der Waals surface area (Å²) in [5.74, 6) is 0.388. The highest BCUT2D eigenvalue weighted by atomic mass is 16.6. The minimum absolute atomic E-state index is 0.203. The monoisotopic (exact) mass is 314 g/mol. The number of hydrogen-bond donors (Lipinski definition) is 0. The lowest BCUT2D eigenvalue weighted by atomic mass is 9.78. The summed E-state index contributed by atoms with van der Waals surface area (Å²) >= 11 is 0. The van der Waals surface area contributed by atoms with Crippen LogP contribution in [0.3, 0.4) is 0 Å². The van der Waals surface area contributed by atoms with Crippen LogP contribution in [0.4, 0.5) is 4.79 Å². The summed E-state index contributed by atoms with van der Waals surface area (Å²) < 4.78 is 5.53. The maximum atomic E-state index is 12.5. The second kappa shape index (κ2) is 7.38. The lowest BCUT2D eigenvalue weighted by molar-refractivity contribution is 0.00458. The van der Waals surface area contributed by atoms with E-state index in [0.29, 0.717) is 19.1 Å². The first-order chi connectivity index (χ1) is 11.3. The maximum Gasteiger partial charge on any atom is 0.410 e. The van der Waals surface area contributed by atoms with Crippen LogP contribution in [0.5, 0.6) is 0 Å². The number of carbonyl (C=O) groups excluding carboxylic acids is 1. The number of fused-ring (bicyclic) bond motifs is 2. The normalized spacial score (nSPS) is 26.3. The molecule has 2 atom stereocenters. The number of piperidine rings is 2. The van der Waals surface area contributed by atoms with Crippen LogP contribution >= 0.6 is 0 Å². The zero-order valence-corrected chi connectivity index (χ0v) is 13.2. The van der Waals surface area contributed by atoms with Crippen LogP contribution in [0.1, 0.15) is 37.7 Å². The Morgan fingerprint density at radius 3 is 2.61 bits per heavy atom. The van der Waals surface area contributed by atoms with Gasteiger partial charge in [-0.15, -0.1) is 0 Å². The van der Waals surface area contributed by atoms with E-state index in [2.05, 4.69) is 10.0 Å². The number of carbonyl (C=O) groups is 1. The smallest absolute Gasteiger partial charge is 0.410 e. The molecule has 2 fully saturated rings. The van der Waals surface area contributed by atoms with Crippen molar-refractivity contribution in [2.75, 3.05) is 6.54 Å². The van der Waals surface area contributed by atoms with Crippen molar-refractivity contribution in [3.05, 3.63) is 46.3 Å². The average molecular weight is 314 g/mol. The van der Waals surface area contributed by atoms with Gasteiger partial charge in [0.25, 0.3) is 0 Å². The number of hydrogen-bond acceptors (Lipinski definition) is 3. The van der Waals surface area contributed by atoms with Crippen molar-refractivity contribution < 1.29 is 9.53 Å². The van der Waals surface area contributed by atoms with E-state index in [4.69, 9.17) is 10.3 Å². The van der Waals surface area contributed by atoms with E-state index in [1.807, 2.05) is 35.2 Å². The molecule has 1 amide bonds. The summed E-state index contributed by atoms with van der Waals surface area (Å²) in [5, 5.41) is 3.71. The first-order valence-electron chi connectivity index (χ1n) is 8.28. The fourth-order valence-electron chi connectivity index (χ4n) is 3.89. The minimum Gasteiger partial charge on any atom is -0.445 e. The molecule has 2 unspecified atom stereocenters. The molecule has 6 nitrogen and oxygen atoms in total. The van der Waals surface area contributed by atoms with Crippen molar-refractivity contribution in [2.45, 2.75) is 50.8 Å². The second-order valence-electron chi connectivity index (χ2n) is 6.44. The Kier molecular flexibility index (Phi) is 5.03. The summed E-state index contributed by atoms with van der Waals surface area (Å²) in [6.45, 7) is 0.855. The van der Waals surface area contributed by atoms with Gasteiger partial charge in [0.1, 0.15) is 6.61 Å². The van der Waals surface area contributed by atoms with Crippen molar-refractivity contribution >= 4 is 6.09 Å². The fourth-order valence-corrected chi connectivity index (χ4v) is 3.89. The molecule has 0 saturated carbocycles. The second-order valence-corrected chi connectivity index (χ2v) is 6.44. The zero-order valence-electron chi connectivity index (χ0n) is 13.2. The number of amides is 1. The molecule has 0 N–H and O–H groups in total. The number of rotatable bonds is 4. The molecule has 2 saturated heterocycles. The van der Waals surface area contributed by atoms with E-state index < -0.39 is 0 Å². The molecule has 2 aliphatic heterocycles. The van der Waals surface area contributed by atoms with Crippen LogP contribution in [0.2, 0.25) is 0 Å². The van der Waals surface area contributed by atoms with Crippen LogP contribution in [0.25, 0.3) is 10.4 Å². The molecule has 0 radical (unpaired) electrons. The fraction of sp³-hybridized carbons (Fsp3) is 0.588. The van der Waals surface area contributed by atoms with Crippen molar-refractivity contribution in [1.82, 2.24) is 4.90 Å². The van der Waals surface area contributed by atoms with Gasteiger partial charge in [0, 0.05) is 23.5 Å². The predicted octanol–water partition coefficient (Wildman–Crippen LogP) is 4.27. The standard InChI is InChI=1S/C17H22N4O2/c18-20-19-11-14-9-15-7-4-8-16(10-14)21(15)17(22)23-12-13-5-2-1-3-6-13/h1-3,5-6,14-16H,4,7-12H2. The molecule has 1 aromatic carbocycles. The zero-order chi connectivity index (χ0) is 16.1. The van der Waals surface area contributed by atoms with E-state index >= 15 is 0 Å². The molecule has 23 heavy (non-hydrogen) atoms. The van der Waals surface area contributed by atoms with Crippen molar-refractivity contribution in [3.8, 4) is 0 Å². The molecule has 2 aliphatic rings. The Bertz CT molecular complexity index is 572. The molecule has 0 aromatic heterocycles. The molecular formula is C17H22N4O2. The van der Waals surface area contributed by atoms with Crippen LogP contribution < -0.4 is 0 Å². The number of benzene rings is 1. The van der Waals surface area contributed by atoms with Crippen LogP contribution in [-0.4, -0.2) is 29.6 Å². The van der Waals surface area contributed by atoms with Gasteiger partial charge in [0.15, 0.2) is 0 Å². The quantitative estimate of drug-likeness (QED) is 0.472. The summed E-state index contributed by atoms with van der Waals surface area (Å²) in [4.78, 5) is 17.3. The predicted molar refractivity (Wildman–Crippen MR) is 86.6 cm³/mol. The third kappa shape index (κ3) is 3.77. The first kappa shape index (κ1) is 15.7. The van der Waals surface area contributed by atoms with Crippen molar-refractivity contribution in [3.63, 3.8) is 0 Å². The van der Waals surface area contributed by atoms with Crippen molar-refractivity contribution in [2.24, 2.45) is 11.0 Å². The van der Waals surface area contributed by atoms with Crippen LogP contribution in [0.15, 0.2) is 35.4 Å². The first-order valence-corrected chi connectivity index (χ1v) is 8.28. The Hall–Kier alpha value is -2.20. The summed E-state index contributed by atoms with van der Waals surface area (Å²) in [5.41, 5.74) is 9.50. The molecule has 3 rings (SSSR count). The summed E-state index contributed by atoms with van der Waals surface area (Å²) in [7, 11) is 0. The van der Waals surface area contributed by atoms with Gasteiger partial charge in [-0.3, -0.25) is 0 Å². The Morgan fingerprint density at radius 1 is 1.26 bits per heavy atom. The van der Waals surface area contributed by atoms with Gasteiger partial charge in [0.2, 0.25) is 0 Å². The molecule has 2 heterocycles. The average Bonchev–Trinajstić information content (AvgIpc) is 2.58. The maximum absolute atomic E-state index is 12.5. The minimum atomic E-state index is -0.203. The van der Waals surface area contributed by atoms with E-state index in [0.717, 1.165) is 37.7 Å². The molecule has 0 spiro atoms. The number of nitrogens with zero attached hydrogens (tertiary/aromatic N) is 4. The third-order valence-electron chi connectivity index (χ3n) is 4.89. The van der Waals surface area contributed by atoms with Gasteiger partial charge in [-0.1, -0.05) is 35.4 Å².